The van der Waals surface area contributed by atoms with Crippen LogP contribution in [-0.2, 0) is 9.53 Å². The Bertz CT molecular complexity index is 238. The van der Waals surface area contributed by atoms with Crippen molar-refractivity contribution in [2.45, 2.75) is 123 Å². The Hall–Kier alpha value is -0.530. The van der Waals surface area contributed by atoms with Crippen LogP contribution in [0.4, 0.5) is 0 Å². The smallest absolute Gasteiger partial charge is 0.306 e. The largest absolute Gasteiger partial charge is 0.462 e. The summed E-state index contributed by atoms with van der Waals surface area (Å²) in [6.07, 6.45) is 18.0. The van der Waals surface area contributed by atoms with E-state index in [1.165, 1.54) is 70.6 Å². The van der Waals surface area contributed by atoms with Crippen LogP contribution >= 0.6 is 0 Å². The van der Waals surface area contributed by atoms with Crippen LogP contribution in [-0.4, -0.2) is 12.1 Å². The topological polar surface area (TPSA) is 26.3 Å². The predicted octanol–water partition coefficient (Wildman–Crippen LogP) is 6.81. The van der Waals surface area contributed by atoms with Crippen molar-refractivity contribution in [3.05, 3.63) is 0 Å². The highest BCUT2D eigenvalue weighted by Gasteiger charge is 2.11. The first-order valence-electron chi connectivity index (χ1n) is 9.94. The first kappa shape index (κ1) is 21.5. The Morgan fingerprint density at radius 1 is 0.727 bits per heavy atom. The van der Waals surface area contributed by atoms with Crippen LogP contribution in [0, 0.1) is 0 Å². The summed E-state index contributed by atoms with van der Waals surface area (Å²) < 4.78 is 5.58. The molecule has 1 atom stereocenters. The minimum atomic E-state index is 0.0197. The lowest BCUT2D eigenvalue weighted by Crippen LogP contribution is -2.17. The number of ether oxygens (including phenoxy) is 1. The summed E-state index contributed by atoms with van der Waals surface area (Å²) in [5.74, 6) is 0.0197. The molecule has 0 radical (unpaired) electrons. The van der Waals surface area contributed by atoms with Crippen molar-refractivity contribution in [3.63, 3.8) is 0 Å². The van der Waals surface area contributed by atoms with Crippen LogP contribution in [0.3, 0.4) is 0 Å². The minimum absolute atomic E-state index is 0.0197. The van der Waals surface area contributed by atoms with E-state index in [4.69, 9.17) is 4.74 Å². The fraction of sp³-hybridized carbons (Fsp3) is 0.950. The van der Waals surface area contributed by atoms with Crippen molar-refractivity contribution < 1.29 is 9.53 Å². The van der Waals surface area contributed by atoms with Crippen molar-refractivity contribution in [2.75, 3.05) is 0 Å². The molecule has 2 nitrogen and oxygen atoms in total. The zero-order chi connectivity index (χ0) is 16.5. The SMILES string of the molecule is CCCCCCCCCCCC(=O)OC(CC)CCCCC. The highest BCUT2D eigenvalue weighted by molar-refractivity contribution is 5.69. The fourth-order valence-electron chi connectivity index (χ4n) is 2.79. The number of hydrogen-bond acceptors (Lipinski definition) is 2. The van der Waals surface area contributed by atoms with Crippen LogP contribution < -0.4 is 0 Å². The molecule has 0 amide bonds. The number of carbonyl (C=O) groups excluding carboxylic acids is 1. The number of unbranched alkanes of at least 4 members (excludes halogenated alkanes) is 10. The van der Waals surface area contributed by atoms with E-state index < -0.39 is 0 Å². The van der Waals surface area contributed by atoms with E-state index in [0.717, 1.165) is 19.3 Å². The average molecular weight is 313 g/mol. The van der Waals surface area contributed by atoms with Crippen LogP contribution in [0.25, 0.3) is 0 Å². The summed E-state index contributed by atoms with van der Waals surface area (Å²) in [7, 11) is 0. The van der Waals surface area contributed by atoms with E-state index in [-0.39, 0.29) is 12.1 Å². The molecule has 0 N–H and O–H groups in total. The maximum Gasteiger partial charge on any atom is 0.306 e. The number of rotatable bonds is 16. The van der Waals surface area contributed by atoms with Crippen LogP contribution in [0.15, 0.2) is 0 Å². The molecule has 132 valence electrons. The summed E-state index contributed by atoms with van der Waals surface area (Å²) in [4.78, 5) is 11.8. The second kappa shape index (κ2) is 16.8. The molecular weight excluding hydrogens is 272 g/mol. The lowest BCUT2D eigenvalue weighted by Gasteiger charge is -2.16. The van der Waals surface area contributed by atoms with Gasteiger partial charge in [-0.05, 0) is 25.7 Å². The van der Waals surface area contributed by atoms with E-state index in [2.05, 4.69) is 20.8 Å². The Kier molecular flexibility index (Phi) is 16.4. The van der Waals surface area contributed by atoms with Crippen LogP contribution in [0.2, 0.25) is 0 Å². The standard InChI is InChI=1S/C20H40O2/c1-4-7-9-10-11-12-13-14-16-18-20(21)22-19(6-3)17-15-8-5-2/h19H,4-18H2,1-3H3. The molecule has 0 aromatic carbocycles. The van der Waals surface area contributed by atoms with Gasteiger partial charge in [0.05, 0.1) is 0 Å². The maximum atomic E-state index is 11.8. The Morgan fingerprint density at radius 3 is 1.77 bits per heavy atom. The lowest BCUT2D eigenvalue weighted by molar-refractivity contribution is -0.149. The Morgan fingerprint density at radius 2 is 1.23 bits per heavy atom. The Balaban J connectivity index is 3.43. The highest BCUT2D eigenvalue weighted by Crippen LogP contribution is 2.13. The van der Waals surface area contributed by atoms with Gasteiger partial charge in [-0.15, -0.1) is 0 Å². The van der Waals surface area contributed by atoms with E-state index in [0.29, 0.717) is 6.42 Å². The van der Waals surface area contributed by atoms with Gasteiger partial charge < -0.3 is 4.74 Å². The molecule has 22 heavy (non-hydrogen) atoms. The normalized spacial score (nSPS) is 12.3. The van der Waals surface area contributed by atoms with Gasteiger partial charge in [0.2, 0.25) is 0 Å². The molecule has 0 heterocycles. The molecular formula is C20H40O2. The Labute approximate surface area is 139 Å². The number of hydrogen-bond donors (Lipinski definition) is 0. The zero-order valence-electron chi connectivity index (χ0n) is 15.5. The third-order valence-corrected chi connectivity index (χ3v) is 4.37. The first-order chi connectivity index (χ1) is 10.7. The quantitative estimate of drug-likeness (QED) is 0.231. The molecule has 0 aliphatic heterocycles. The van der Waals surface area contributed by atoms with Crippen LogP contribution in [0.1, 0.15) is 117 Å². The van der Waals surface area contributed by atoms with Gasteiger partial charge in [0, 0.05) is 6.42 Å². The van der Waals surface area contributed by atoms with Crippen molar-refractivity contribution in [1.29, 1.82) is 0 Å². The summed E-state index contributed by atoms with van der Waals surface area (Å²) in [5.41, 5.74) is 0. The molecule has 0 aliphatic carbocycles. The molecule has 0 saturated heterocycles. The molecule has 0 spiro atoms. The lowest BCUT2D eigenvalue weighted by atomic mass is 10.1. The number of carbonyl (C=O) groups is 1. The van der Waals surface area contributed by atoms with Gasteiger partial charge >= 0.3 is 5.97 Å². The van der Waals surface area contributed by atoms with Gasteiger partial charge in [0.15, 0.2) is 0 Å². The monoisotopic (exact) mass is 312 g/mol. The molecule has 0 saturated carbocycles. The minimum Gasteiger partial charge on any atom is -0.462 e. The van der Waals surface area contributed by atoms with E-state index >= 15 is 0 Å². The molecule has 0 aromatic rings. The fourth-order valence-corrected chi connectivity index (χ4v) is 2.79. The van der Waals surface area contributed by atoms with Crippen molar-refractivity contribution in [1.82, 2.24) is 0 Å². The third-order valence-electron chi connectivity index (χ3n) is 4.37. The van der Waals surface area contributed by atoms with Gasteiger partial charge in [0.25, 0.3) is 0 Å². The molecule has 2 heteroatoms. The van der Waals surface area contributed by atoms with Gasteiger partial charge in [0.1, 0.15) is 6.10 Å². The van der Waals surface area contributed by atoms with Gasteiger partial charge in [-0.1, -0.05) is 85.0 Å². The number of esters is 1. The van der Waals surface area contributed by atoms with Crippen molar-refractivity contribution in [3.8, 4) is 0 Å². The summed E-state index contributed by atoms with van der Waals surface area (Å²) in [5, 5.41) is 0. The molecule has 0 rings (SSSR count). The summed E-state index contributed by atoms with van der Waals surface area (Å²) in [6, 6.07) is 0. The molecule has 0 fully saturated rings. The molecule has 0 aromatic heterocycles. The molecule has 0 aliphatic rings. The summed E-state index contributed by atoms with van der Waals surface area (Å²) >= 11 is 0. The van der Waals surface area contributed by atoms with E-state index in [9.17, 15) is 4.79 Å². The zero-order valence-corrected chi connectivity index (χ0v) is 15.5. The average Bonchev–Trinajstić information content (AvgIpc) is 2.52. The first-order valence-corrected chi connectivity index (χ1v) is 9.94. The van der Waals surface area contributed by atoms with Crippen molar-refractivity contribution in [2.24, 2.45) is 0 Å². The van der Waals surface area contributed by atoms with Crippen LogP contribution in [0.5, 0.6) is 0 Å². The second-order valence-corrected chi connectivity index (χ2v) is 6.59. The summed E-state index contributed by atoms with van der Waals surface area (Å²) in [6.45, 7) is 6.57. The van der Waals surface area contributed by atoms with E-state index in [1.54, 1.807) is 0 Å². The van der Waals surface area contributed by atoms with Gasteiger partial charge in [-0.25, -0.2) is 0 Å². The highest BCUT2D eigenvalue weighted by atomic mass is 16.5. The van der Waals surface area contributed by atoms with Crippen molar-refractivity contribution >= 4 is 5.97 Å². The van der Waals surface area contributed by atoms with E-state index in [1.807, 2.05) is 0 Å². The van der Waals surface area contributed by atoms with Gasteiger partial charge in [-0.3, -0.25) is 4.79 Å². The second-order valence-electron chi connectivity index (χ2n) is 6.59. The third kappa shape index (κ3) is 14.4. The van der Waals surface area contributed by atoms with Gasteiger partial charge in [-0.2, -0.15) is 0 Å². The molecule has 0 bridgehead atoms. The maximum absolute atomic E-state index is 11.8. The molecule has 1 unspecified atom stereocenters. The predicted molar refractivity (Wildman–Crippen MR) is 96.2 cm³/mol.